The molecule has 0 rings (SSSR count). The van der Waals surface area contributed by atoms with E-state index < -0.39 is 12.1 Å². The van der Waals surface area contributed by atoms with Gasteiger partial charge < -0.3 is 9.84 Å². The number of esters is 1. The second kappa shape index (κ2) is 6.00. The van der Waals surface area contributed by atoms with Gasteiger partial charge in [-0.3, -0.25) is 0 Å². The molecule has 0 aromatic rings. The molecule has 0 fully saturated rings. The summed E-state index contributed by atoms with van der Waals surface area (Å²) in [6.45, 7) is 6.00. The van der Waals surface area contributed by atoms with Gasteiger partial charge in [0.1, 0.15) is 0 Å². The molecule has 0 aliphatic rings. The van der Waals surface area contributed by atoms with Crippen LogP contribution in [-0.4, -0.2) is 23.8 Å². The molecule has 0 saturated carbocycles. The first-order valence-electron chi connectivity index (χ1n) is 4.44. The van der Waals surface area contributed by atoms with Crippen LogP contribution in [0, 0.1) is 5.92 Å². The number of carbonyl (C=O) groups excluding carboxylic acids is 1. The average molecular weight is 174 g/mol. The van der Waals surface area contributed by atoms with Crippen LogP contribution in [0.1, 0.15) is 33.6 Å². The zero-order chi connectivity index (χ0) is 9.56. The smallest absolute Gasteiger partial charge is 0.335 e. The maximum atomic E-state index is 11.0. The third-order valence-electron chi connectivity index (χ3n) is 1.62. The topological polar surface area (TPSA) is 46.5 Å². The minimum atomic E-state index is -0.971. The van der Waals surface area contributed by atoms with Gasteiger partial charge in [-0.2, -0.15) is 0 Å². The third kappa shape index (κ3) is 4.34. The quantitative estimate of drug-likeness (QED) is 0.505. The van der Waals surface area contributed by atoms with Crippen LogP contribution in [0.3, 0.4) is 0 Å². The van der Waals surface area contributed by atoms with Crippen LogP contribution < -0.4 is 0 Å². The first-order valence-corrected chi connectivity index (χ1v) is 4.44. The van der Waals surface area contributed by atoms with Gasteiger partial charge in [-0.25, -0.2) is 4.79 Å². The first-order chi connectivity index (χ1) is 5.59. The van der Waals surface area contributed by atoms with Gasteiger partial charge in [-0.15, -0.1) is 0 Å². The van der Waals surface area contributed by atoms with Gasteiger partial charge in [-0.05, 0) is 12.3 Å². The van der Waals surface area contributed by atoms with E-state index in [1.165, 1.54) is 0 Å². The minimum absolute atomic E-state index is 0.0703. The van der Waals surface area contributed by atoms with Crippen molar-refractivity contribution in [3.8, 4) is 0 Å². The van der Waals surface area contributed by atoms with E-state index in [1.807, 2.05) is 6.92 Å². The highest BCUT2D eigenvalue weighted by Crippen LogP contribution is 2.03. The zero-order valence-corrected chi connectivity index (χ0v) is 8.04. The van der Waals surface area contributed by atoms with E-state index in [2.05, 4.69) is 0 Å². The number of carbonyl (C=O) groups is 1. The van der Waals surface area contributed by atoms with Crippen LogP contribution in [-0.2, 0) is 9.53 Å². The summed E-state index contributed by atoms with van der Waals surface area (Å²) < 4.78 is 4.82. The van der Waals surface area contributed by atoms with Gasteiger partial charge in [0.25, 0.3) is 0 Å². The second-order valence-electron chi connectivity index (χ2n) is 3.21. The minimum Gasteiger partial charge on any atom is -0.464 e. The predicted octanol–water partition coefficient (Wildman–Crippen LogP) is 1.35. The number of hydrogen-bond donors (Lipinski definition) is 1. The molecule has 0 saturated heterocycles. The Balaban J connectivity index is 3.57. The van der Waals surface area contributed by atoms with E-state index in [9.17, 15) is 9.90 Å². The summed E-state index contributed by atoms with van der Waals surface area (Å²) in [5, 5.41) is 9.22. The summed E-state index contributed by atoms with van der Waals surface area (Å²) in [4.78, 5) is 11.0. The van der Waals surface area contributed by atoms with Crippen LogP contribution >= 0.6 is 0 Å². The van der Waals surface area contributed by atoms with E-state index in [4.69, 9.17) is 4.74 Å². The normalized spacial score (nSPS) is 13.1. The van der Waals surface area contributed by atoms with Gasteiger partial charge >= 0.3 is 5.97 Å². The van der Waals surface area contributed by atoms with Gasteiger partial charge in [0.05, 0.1) is 6.61 Å². The summed E-state index contributed by atoms with van der Waals surface area (Å²) in [5.74, 6) is -0.572. The first kappa shape index (κ1) is 11.4. The van der Waals surface area contributed by atoms with Crippen molar-refractivity contribution in [3.05, 3.63) is 0 Å². The summed E-state index contributed by atoms with van der Waals surface area (Å²) in [7, 11) is 0. The third-order valence-corrected chi connectivity index (χ3v) is 1.62. The van der Waals surface area contributed by atoms with Gasteiger partial charge in [0.2, 0.25) is 0 Å². The van der Waals surface area contributed by atoms with Gasteiger partial charge in [-0.1, -0.05) is 27.2 Å². The molecule has 72 valence electrons. The molecule has 0 aliphatic carbocycles. The summed E-state index contributed by atoms with van der Waals surface area (Å²) in [5.41, 5.74) is 0. The van der Waals surface area contributed by atoms with E-state index >= 15 is 0 Å². The van der Waals surface area contributed by atoms with Gasteiger partial charge in [0.15, 0.2) is 6.10 Å². The van der Waals surface area contributed by atoms with Crippen molar-refractivity contribution >= 4 is 5.97 Å². The van der Waals surface area contributed by atoms with Crippen molar-refractivity contribution in [1.29, 1.82) is 0 Å². The Bertz CT molecular complexity index is 132. The lowest BCUT2D eigenvalue weighted by molar-refractivity contribution is -0.155. The van der Waals surface area contributed by atoms with Crippen LogP contribution in [0.2, 0.25) is 0 Å². The SMILES string of the molecule is CCCCOC(=O)[C@@H](O)C(C)C. The lowest BCUT2D eigenvalue weighted by Gasteiger charge is -2.12. The number of unbranched alkanes of at least 4 members (excludes halogenated alkanes) is 1. The Morgan fingerprint density at radius 3 is 2.50 bits per heavy atom. The van der Waals surface area contributed by atoms with Crippen molar-refractivity contribution < 1.29 is 14.6 Å². The van der Waals surface area contributed by atoms with Crippen LogP contribution in [0.15, 0.2) is 0 Å². The molecular formula is C9H18O3. The molecule has 0 heterocycles. The molecule has 0 aromatic carbocycles. The number of aliphatic hydroxyl groups excluding tert-OH is 1. The highest BCUT2D eigenvalue weighted by Gasteiger charge is 2.19. The average Bonchev–Trinajstić information content (AvgIpc) is 2.03. The fourth-order valence-electron chi connectivity index (χ4n) is 0.675. The molecule has 0 amide bonds. The number of hydrogen-bond acceptors (Lipinski definition) is 3. The molecular weight excluding hydrogens is 156 g/mol. The largest absolute Gasteiger partial charge is 0.464 e. The van der Waals surface area contributed by atoms with Crippen molar-refractivity contribution in [1.82, 2.24) is 0 Å². The molecule has 1 atom stereocenters. The summed E-state index contributed by atoms with van der Waals surface area (Å²) in [6.07, 6.45) is 0.878. The predicted molar refractivity (Wildman–Crippen MR) is 46.7 cm³/mol. The van der Waals surface area contributed by atoms with Crippen molar-refractivity contribution in [2.75, 3.05) is 6.61 Å². The number of aliphatic hydroxyl groups is 1. The molecule has 0 unspecified atom stereocenters. The zero-order valence-electron chi connectivity index (χ0n) is 8.04. The van der Waals surface area contributed by atoms with E-state index in [0.717, 1.165) is 12.8 Å². The molecule has 0 radical (unpaired) electrons. The summed E-state index contributed by atoms with van der Waals surface area (Å²) >= 11 is 0. The Kier molecular flexibility index (Phi) is 5.72. The van der Waals surface area contributed by atoms with Crippen molar-refractivity contribution in [2.24, 2.45) is 5.92 Å². The van der Waals surface area contributed by atoms with Crippen molar-refractivity contribution in [3.63, 3.8) is 0 Å². The Morgan fingerprint density at radius 2 is 2.08 bits per heavy atom. The molecule has 3 nitrogen and oxygen atoms in total. The van der Waals surface area contributed by atoms with Crippen LogP contribution in [0.25, 0.3) is 0 Å². The lowest BCUT2D eigenvalue weighted by Crippen LogP contribution is -2.28. The molecule has 1 N–H and O–H groups in total. The van der Waals surface area contributed by atoms with E-state index in [1.54, 1.807) is 13.8 Å². The fraction of sp³-hybridized carbons (Fsp3) is 0.889. The van der Waals surface area contributed by atoms with Crippen LogP contribution in [0.5, 0.6) is 0 Å². The second-order valence-corrected chi connectivity index (χ2v) is 3.21. The van der Waals surface area contributed by atoms with Crippen LogP contribution in [0.4, 0.5) is 0 Å². The summed E-state index contributed by atoms with van der Waals surface area (Å²) in [6, 6.07) is 0. The van der Waals surface area contributed by atoms with Gasteiger partial charge in [0, 0.05) is 0 Å². The highest BCUT2D eigenvalue weighted by atomic mass is 16.5. The molecule has 0 spiro atoms. The van der Waals surface area contributed by atoms with E-state index in [-0.39, 0.29) is 5.92 Å². The number of rotatable bonds is 5. The lowest BCUT2D eigenvalue weighted by atomic mass is 10.1. The maximum absolute atomic E-state index is 11.0. The Labute approximate surface area is 73.7 Å². The molecule has 12 heavy (non-hydrogen) atoms. The standard InChI is InChI=1S/C9H18O3/c1-4-5-6-12-9(11)8(10)7(2)3/h7-8,10H,4-6H2,1-3H3/t8-/m0/s1. The van der Waals surface area contributed by atoms with Crippen molar-refractivity contribution in [2.45, 2.75) is 39.7 Å². The molecule has 3 heteroatoms. The molecule has 0 aliphatic heterocycles. The maximum Gasteiger partial charge on any atom is 0.335 e. The van der Waals surface area contributed by atoms with E-state index in [0.29, 0.717) is 6.61 Å². The highest BCUT2D eigenvalue weighted by molar-refractivity contribution is 5.74. The fourth-order valence-corrected chi connectivity index (χ4v) is 0.675. The molecule has 0 aromatic heterocycles. The Morgan fingerprint density at radius 1 is 1.50 bits per heavy atom. The number of ether oxygens (including phenoxy) is 1. The molecule has 0 bridgehead atoms. The Hall–Kier alpha value is -0.570. The monoisotopic (exact) mass is 174 g/mol.